The Balaban J connectivity index is 2.53. The minimum Gasteiger partial charge on any atom is -0.206 e. The first-order valence-corrected chi connectivity index (χ1v) is 6.23. The molecule has 0 bridgehead atoms. The summed E-state index contributed by atoms with van der Waals surface area (Å²) in [6, 6.07) is 4.01. The van der Waals surface area contributed by atoms with Crippen molar-refractivity contribution in [1.29, 1.82) is 0 Å². The fourth-order valence-corrected chi connectivity index (χ4v) is 2.37. The van der Waals surface area contributed by atoms with Gasteiger partial charge >= 0.3 is 0 Å². The fourth-order valence-electron chi connectivity index (χ4n) is 2.37. The molecule has 0 aliphatic rings. The van der Waals surface area contributed by atoms with E-state index in [2.05, 4.69) is 0 Å². The topological polar surface area (TPSA) is 0 Å². The second-order valence-corrected chi connectivity index (χ2v) is 4.70. The van der Waals surface area contributed by atoms with E-state index in [0.717, 1.165) is 18.2 Å². The van der Waals surface area contributed by atoms with Gasteiger partial charge in [-0.25, -0.2) is 30.7 Å². The van der Waals surface area contributed by atoms with Crippen LogP contribution >= 0.6 is 0 Å². The molecule has 0 radical (unpaired) electrons. The highest BCUT2D eigenvalue weighted by Crippen LogP contribution is 2.37. The van der Waals surface area contributed by atoms with E-state index in [1.54, 1.807) is 0 Å². The van der Waals surface area contributed by atoms with Crippen molar-refractivity contribution in [3.8, 4) is 11.1 Å². The standard InChI is InChI=1S/C16H5F7/c17-8-4-5-9(18)13(20)11(8)6-2-1-3-7-10(6)14(21)16(23)15(22)12(7)19/h1-5H. The molecule has 7 heteroatoms. The molecule has 0 amide bonds. The van der Waals surface area contributed by atoms with Crippen molar-refractivity contribution in [3.63, 3.8) is 0 Å². The van der Waals surface area contributed by atoms with Crippen LogP contribution in [0.4, 0.5) is 30.7 Å². The number of hydrogen-bond acceptors (Lipinski definition) is 0. The minimum absolute atomic E-state index is 0.510. The molecule has 118 valence electrons. The summed E-state index contributed by atoms with van der Waals surface area (Å²) >= 11 is 0. The molecule has 0 saturated carbocycles. The van der Waals surface area contributed by atoms with Gasteiger partial charge in [0.05, 0.1) is 5.56 Å². The van der Waals surface area contributed by atoms with Gasteiger partial charge in [-0.15, -0.1) is 0 Å². The van der Waals surface area contributed by atoms with E-state index in [1.807, 2.05) is 0 Å². The van der Waals surface area contributed by atoms with Crippen LogP contribution < -0.4 is 0 Å². The van der Waals surface area contributed by atoms with Crippen LogP contribution in [0.1, 0.15) is 0 Å². The van der Waals surface area contributed by atoms with Crippen molar-refractivity contribution < 1.29 is 30.7 Å². The van der Waals surface area contributed by atoms with Crippen LogP contribution in [0.15, 0.2) is 30.3 Å². The second-order valence-electron chi connectivity index (χ2n) is 4.70. The van der Waals surface area contributed by atoms with Crippen LogP contribution in [0.25, 0.3) is 21.9 Å². The summed E-state index contributed by atoms with van der Waals surface area (Å²) in [5.41, 5.74) is -1.63. The summed E-state index contributed by atoms with van der Waals surface area (Å²) in [5, 5.41) is -1.60. The zero-order valence-corrected chi connectivity index (χ0v) is 11.0. The maximum atomic E-state index is 14.0. The molecule has 0 aliphatic heterocycles. The molecule has 0 heterocycles. The highest BCUT2D eigenvalue weighted by Gasteiger charge is 2.25. The molecule has 0 atom stereocenters. The smallest absolute Gasteiger partial charge is 0.198 e. The quantitative estimate of drug-likeness (QED) is 0.315. The van der Waals surface area contributed by atoms with Crippen LogP contribution in [0.2, 0.25) is 0 Å². The van der Waals surface area contributed by atoms with Gasteiger partial charge in [0, 0.05) is 10.8 Å². The molecule has 3 aromatic carbocycles. The lowest BCUT2D eigenvalue weighted by atomic mass is 9.96. The average molecular weight is 330 g/mol. The van der Waals surface area contributed by atoms with Crippen LogP contribution in [-0.4, -0.2) is 0 Å². The normalized spacial score (nSPS) is 11.3. The summed E-state index contributed by atoms with van der Waals surface area (Å²) in [7, 11) is 0. The first-order valence-electron chi connectivity index (χ1n) is 6.23. The van der Waals surface area contributed by atoms with Crippen molar-refractivity contribution in [2.24, 2.45) is 0 Å². The number of fused-ring (bicyclic) bond motifs is 1. The van der Waals surface area contributed by atoms with Gasteiger partial charge in [0.1, 0.15) is 5.82 Å². The predicted molar refractivity (Wildman–Crippen MR) is 69.1 cm³/mol. The van der Waals surface area contributed by atoms with Crippen LogP contribution in [0.3, 0.4) is 0 Å². The van der Waals surface area contributed by atoms with E-state index in [9.17, 15) is 30.7 Å². The van der Waals surface area contributed by atoms with E-state index in [4.69, 9.17) is 0 Å². The highest BCUT2D eigenvalue weighted by atomic mass is 19.2. The number of halogens is 7. The lowest BCUT2D eigenvalue weighted by Crippen LogP contribution is -2.01. The van der Waals surface area contributed by atoms with E-state index in [-0.39, 0.29) is 0 Å². The van der Waals surface area contributed by atoms with E-state index in [0.29, 0.717) is 12.1 Å². The van der Waals surface area contributed by atoms with Crippen molar-refractivity contribution in [2.45, 2.75) is 0 Å². The summed E-state index contributed by atoms with van der Waals surface area (Å²) in [5.74, 6) is -12.0. The van der Waals surface area contributed by atoms with E-state index >= 15 is 0 Å². The Morgan fingerprint density at radius 2 is 1.13 bits per heavy atom. The molecule has 3 rings (SSSR count). The van der Waals surface area contributed by atoms with E-state index in [1.165, 1.54) is 0 Å². The van der Waals surface area contributed by atoms with Crippen LogP contribution in [0, 0.1) is 40.7 Å². The number of rotatable bonds is 1. The Hall–Kier alpha value is -2.57. The van der Waals surface area contributed by atoms with Gasteiger partial charge in [0.15, 0.2) is 34.9 Å². The first-order chi connectivity index (χ1) is 10.8. The van der Waals surface area contributed by atoms with Gasteiger partial charge in [-0.1, -0.05) is 18.2 Å². The van der Waals surface area contributed by atoms with Gasteiger partial charge in [-0.3, -0.25) is 0 Å². The molecule has 23 heavy (non-hydrogen) atoms. The molecule has 0 spiro atoms. The van der Waals surface area contributed by atoms with Gasteiger partial charge in [0.25, 0.3) is 0 Å². The molecule has 0 unspecified atom stereocenters. The Bertz CT molecular complexity index is 947. The predicted octanol–water partition coefficient (Wildman–Crippen LogP) is 5.48. The third kappa shape index (κ3) is 2.15. The Morgan fingerprint density at radius 1 is 0.522 bits per heavy atom. The van der Waals surface area contributed by atoms with Crippen molar-refractivity contribution in [2.75, 3.05) is 0 Å². The number of benzene rings is 3. The molecule has 0 N–H and O–H groups in total. The van der Waals surface area contributed by atoms with Gasteiger partial charge in [-0.05, 0) is 17.7 Å². The van der Waals surface area contributed by atoms with Crippen molar-refractivity contribution in [1.82, 2.24) is 0 Å². The SMILES string of the molecule is Fc1ccc(F)c(-c2cccc3c(F)c(F)c(F)c(F)c23)c1F. The monoisotopic (exact) mass is 330 g/mol. The minimum atomic E-state index is -2.13. The second kappa shape index (κ2) is 5.26. The Kier molecular flexibility index (Phi) is 3.50. The highest BCUT2D eigenvalue weighted by molar-refractivity contribution is 5.97. The number of hydrogen-bond donors (Lipinski definition) is 0. The molecular weight excluding hydrogens is 325 g/mol. The Labute approximate surface area is 124 Å². The third-order valence-corrected chi connectivity index (χ3v) is 3.41. The average Bonchev–Trinajstić information content (AvgIpc) is 2.54. The molecular formula is C16H5F7. The maximum absolute atomic E-state index is 14.0. The molecule has 3 aromatic rings. The summed E-state index contributed by atoms with van der Waals surface area (Å²) in [6.45, 7) is 0. The van der Waals surface area contributed by atoms with Crippen LogP contribution in [0.5, 0.6) is 0 Å². The lowest BCUT2D eigenvalue weighted by molar-refractivity contribution is 0.418. The largest absolute Gasteiger partial charge is 0.206 e. The molecule has 0 aromatic heterocycles. The van der Waals surface area contributed by atoms with Gasteiger partial charge in [-0.2, -0.15) is 0 Å². The summed E-state index contributed by atoms with van der Waals surface area (Å²) < 4.78 is 95.6. The molecule has 0 fully saturated rings. The molecule has 0 aliphatic carbocycles. The summed E-state index contributed by atoms with van der Waals surface area (Å²) in [6.07, 6.45) is 0. The van der Waals surface area contributed by atoms with E-state index < -0.39 is 62.6 Å². The lowest BCUT2D eigenvalue weighted by Gasteiger charge is -2.12. The summed E-state index contributed by atoms with van der Waals surface area (Å²) in [4.78, 5) is 0. The Morgan fingerprint density at radius 3 is 1.83 bits per heavy atom. The van der Waals surface area contributed by atoms with Crippen LogP contribution in [-0.2, 0) is 0 Å². The maximum Gasteiger partial charge on any atom is 0.198 e. The third-order valence-electron chi connectivity index (χ3n) is 3.41. The molecule has 0 saturated heterocycles. The molecule has 0 nitrogen and oxygen atoms in total. The van der Waals surface area contributed by atoms with Crippen molar-refractivity contribution >= 4 is 10.8 Å². The fraction of sp³-hybridized carbons (Fsp3) is 0. The van der Waals surface area contributed by atoms with Gasteiger partial charge < -0.3 is 0 Å². The first kappa shape index (κ1) is 15.3. The van der Waals surface area contributed by atoms with Crippen molar-refractivity contribution in [3.05, 3.63) is 71.1 Å². The van der Waals surface area contributed by atoms with Gasteiger partial charge in [0.2, 0.25) is 0 Å². The zero-order valence-electron chi connectivity index (χ0n) is 11.0. The zero-order chi connectivity index (χ0) is 16.9.